The van der Waals surface area contributed by atoms with Crippen LogP contribution in [-0.4, -0.2) is 24.2 Å². The Hall–Kier alpha value is -3.41. The zero-order chi connectivity index (χ0) is 22.5. The van der Waals surface area contributed by atoms with Gasteiger partial charge in [0.25, 0.3) is 0 Å². The van der Waals surface area contributed by atoms with Gasteiger partial charge in [-0.15, -0.1) is 0 Å². The first-order valence-electron chi connectivity index (χ1n) is 10.2. The van der Waals surface area contributed by atoms with E-state index in [0.29, 0.717) is 36.6 Å². The first-order valence-corrected chi connectivity index (χ1v) is 10.5. The van der Waals surface area contributed by atoms with Crippen molar-refractivity contribution in [1.82, 2.24) is 5.32 Å². The highest BCUT2D eigenvalue weighted by Crippen LogP contribution is 2.29. The largest absolute Gasteiger partial charge is 0.492 e. The van der Waals surface area contributed by atoms with Crippen LogP contribution in [0.25, 0.3) is 21.9 Å². The number of nitrogens with one attached hydrogen (secondary N) is 1. The van der Waals surface area contributed by atoms with E-state index in [0.717, 1.165) is 0 Å². The molecule has 0 unspecified atom stereocenters. The SMILES string of the molecule is O=C(O)c1cc(OCCNCc2cccc3ccccc23)cc(-c2ccc(F)c(Cl)c2)c1. The molecule has 0 fully saturated rings. The molecule has 0 bridgehead atoms. The summed E-state index contributed by atoms with van der Waals surface area (Å²) in [4.78, 5) is 11.5. The smallest absolute Gasteiger partial charge is 0.335 e. The van der Waals surface area contributed by atoms with Crippen LogP contribution in [0.5, 0.6) is 5.75 Å². The number of carboxylic acid groups (broad SMARTS) is 1. The second kappa shape index (κ2) is 9.81. The lowest BCUT2D eigenvalue weighted by Crippen LogP contribution is -2.20. The Morgan fingerprint density at radius 3 is 2.59 bits per heavy atom. The van der Waals surface area contributed by atoms with Gasteiger partial charge in [0, 0.05) is 13.1 Å². The molecule has 4 nitrogen and oxygen atoms in total. The number of carboxylic acids is 1. The number of benzene rings is 4. The maximum Gasteiger partial charge on any atom is 0.335 e. The van der Waals surface area contributed by atoms with Gasteiger partial charge in [0.05, 0.1) is 10.6 Å². The maximum absolute atomic E-state index is 13.5. The molecule has 0 radical (unpaired) electrons. The average molecular weight is 450 g/mol. The molecule has 0 heterocycles. The molecule has 0 aromatic heterocycles. The minimum absolute atomic E-state index is 0.0247. The van der Waals surface area contributed by atoms with Crippen LogP contribution in [0, 0.1) is 5.82 Å². The number of ether oxygens (including phenoxy) is 1. The van der Waals surface area contributed by atoms with Crippen LogP contribution in [0.3, 0.4) is 0 Å². The van der Waals surface area contributed by atoms with Crippen LogP contribution in [0.1, 0.15) is 15.9 Å². The molecular formula is C26H21ClFNO3. The molecule has 0 atom stereocenters. The summed E-state index contributed by atoms with van der Waals surface area (Å²) in [5.74, 6) is -1.18. The third kappa shape index (κ3) is 5.07. The summed E-state index contributed by atoms with van der Waals surface area (Å²) in [6.07, 6.45) is 0. The Balaban J connectivity index is 1.42. The Labute approximate surface area is 190 Å². The Morgan fingerprint density at radius 1 is 0.969 bits per heavy atom. The van der Waals surface area contributed by atoms with E-state index in [1.54, 1.807) is 12.1 Å². The van der Waals surface area contributed by atoms with E-state index in [9.17, 15) is 14.3 Å². The second-order valence-corrected chi connectivity index (χ2v) is 7.75. The van der Waals surface area contributed by atoms with Crippen LogP contribution in [-0.2, 0) is 6.54 Å². The van der Waals surface area contributed by atoms with Gasteiger partial charge in [-0.05, 0) is 57.8 Å². The van der Waals surface area contributed by atoms with Gasteiger partial charge in [-0.3, -0.25) is 0 Å². The highest BCUT2D eigenvalue weighted by molar-refractivity contribution is 6.31. The van der Waals surface area contributed by atoms with Gasteiger partial charge >= 0.3 is 5.97 Å². The lowest BCUT2D eigenvalue weighted by molar-refractivity contribution is 0.0696. The van der Waals surface area contributed by atoms with Crippen molar-refractivity contribution >= 4 is 28.3 Å². The van der Waals surface area contributed by atoms with Crippen molar-refractivity contribution in [3.63, 3.8) is 0 Å². The molecule has 2 N–H and O–H groups in total. The van der Waals surface area contributed by atoms with Crippen molar-refractivity contribution in [2.75, 3.05) is 13.2 Å². The van der Waals surface area contributed by atoms with Gasteiger partial charge in [-0.25, -0.2) is 9.18 Å². The predicted molar refractivity (Wildman–Crippen MR) is 125 cm³/mol. The topological polar surface area (TPSA) is 58.6 Å². The van der Waals surface area contributed by atoms with Gasteiger partial charge < -0.3 is 15.2 Å². The second-order valence-electron chi connectivity index (χ2n) is 7.34. The molecule has 0 aliphatic carbocycles. The molecule has 0 aliphatic rings. The van der Waals surface area contributed by atoms with E-state index in [1.807, 2.05) is 18.2 Å². The quantitative estimate of drug-likeness (QED) is 0.316. The number of aromatic carboxylic acids is 1. The van der Waals surface area contributed by atoms with Crippen LogP contribution in [0.15, 0.2) is 78.9 Å². The van der Waals surface area contributed by atoms with Crippen LogP contribution >= 0.6 is 11.6 Å². The summed E-state index contributed by atoms with van der Waals surface area (Å²) in [7, 11) is 0. The van der Waals surface area contributed by atoms with Crippen molar-refractivity contribution in [2.24, 2.45) is 0 Å². The predicted octanol–water partition coefficient (Wildman–Crippen LogP) is 6.17. The zero-order valence-electron chi connectivity index (χ0n) is 17.1. The number of rotatable bonds is 8. The molecule has 4 rings (SSSR count). The van der Waals surface area contributed by atoms with E-state index in [2.05, 4.69) is 29.6 Å². The van der Waals surface area contributed by atoms with Crippen LogP contribution in [0.2, 0.25) is 5.02 Å². The average Bonchev–Trinajstić information content (AvgIpc) is 2.80. The Morgan fingerprint density at radius 2 is 1.78 bits per heavy atom. The number of fused-ring (bicyclic) bond motifs is 1. The fraction of sp³-hybridized carbons (Fsp3) is 0.115. The van der Waals surface area contributed by atoms with Gasteiger partial charge in [0.2, 0.25) is 0 Å². The highest BCUT2D eigenvalue weighted by atomic mass is 35.5. The molecule has 162 valence electrons. The third-order valence-electron chi connectivity index (χ3n) is 5.15. The normalized spacial score (nSPS) is 10.9. The fourth-order valence-electron chi connectivity index (χ4n) is 3.56. The van der Waals surface area contributed by atoms with E-state index in [4.69, 9.17) is 16.3 Å². The summed E-state index contributed by atoms with van der Waals surface area (Å²) in [5.41, 5.74) is 2.48. The minimum Gasteiger partial charge on any atom is -0.492 e. The summed E-state index contributed by atoms with van der Waals surface area (Å²) >= 11 is 5.88. The number of halogens is 2. The Kier molecular flexibility index (Phi) is 6.69. The standard InChI is InChI=1S/C26H21ClFNO3/c27-24-15-18(8-9-25(24)28)20-12-21(26(30)31)14-22(13-20)32-11-10-29-16-19-6-3-5-17-4-1-2-7-23(17)19/h1-9,12-15,29H,10-11,16H2,(H,30,31). The first-order chi connectivity index (χ1) is 15.5. The molecular weight excluding hydrogens is 429 g/mol. The lowest BCUT2D eigenvalue weighted by Gasteiger charge is -2.12. The number of carbonyl (C=O) groups is 1. The third-order valence-corrected chi connectivity index (χ3v) is 5.44. The summed E-state index contributed by atoms with van der Waals surface area (Å²) < 4.78 is 19.3. The van der Waals surface area contributed by atoms with Crippen LogP contribution in [0.4, 0.5) is 4.39 Å². The molecule has 6 heteroatoms. The molecule has 32 heavy (non-hydrogen) atoms. The minimum atomic E-state index is -1.07. The van der Waals surface area contributed by atoms with Crippen molar-refractivity contribution < 1.29 is 19.0 Å². The lowest BCUT2D eigenvalue weighted by atomic mass is 10.0. The molecule has 0 aliphatic heterocycles. The molecule has 0 amide bonds. The zero-order valence-corrected chi connectivity index (χ0v) is 17.9. The number of hydrogen-bond donors (Lipinski definition) is 2. The van der Waals surface area contributed by atoms with Gasteiger partial charge in [-0.1, -0.05) is 60.1 Å². The highest BCUT2D eigenvalue weighted by Gasteiger charge is 2.11. The van der Waals surface area contributed by atoms with E-state index in [-0.39, 0.29) is 10.6 Å². The van der Waals surface area contributed by atoms with E-state index < -0.39 is 11.8 Å². The Bertz CT molecular complexity index is 1270. The summed E-state index contributed by atoms with van der Waals surface area (Å²) in [6, 6.07) is 23.4. The summed E-state index contributed by atoms with van der Waals surface area (Å²) in [6.45, 7) is 1.63. The van der Waals surface area contributed by atoms with Gasteiger partial charge in [-0.2, -0.15) is 0 Å². The van der Waals surface area contributed by atoms with Crippen LogP contribution < -0.4 is 10.1 Å². The van der Waals surface area contributed by atoms with Crippen molar-refractivity contribution in [1.29, 1.82) is 0 Å². The van der Waals surface area contributed by atoms with Crippen molar-refractivity contribution in [3.8, 4) is 16.9 Å². The van der Waals surface area contributed by atoms with E-state index in [1.165, 1.54) is 40.6 Å². The van der Waals surface area contributed by atoms with Gasteiger partial charge in [0.15, 0.2) is 0 Å². The van der Waals surface area contributed by atoms with E-state index >= 15 is 0 Å². The molecule has 4 aromatic rings. The monoisotopic (exact) mass is 449 g/mol. The first kappa shape index (κ1) is 21.8. The number of hydrogen-bond acceptors (Lipinski definition) is 3. The molecule has 0 saturated heterocycles. The van der Waals surface area contributed by atoms with Crippen molar-refractivity contribution in [3.05, 3.63) is 101 Å². The molecule has 4 aromatic carbocycles. The molecule has 0 spiro atoms. The van der Waals surface area contributed by atoms with Gasteiger partial charge in [0.1, 0.15) is 18.2 Å². The fourth-order valence-corrected chi connectivity index (χ4v) is 3.74. The molecule has 0 saturated carbocycles. The van der Waals surface area contributed by atoms with Crippen molar-refractivity contribution in [2.45, 2.75) is 6.54 Å². The maximum atomic E-state index is 13.5. The summed E-state index contributed by atoms with van der Waals surface area (Å²) in [5, 5.41) is 15.2.